The van der Waals surface area contributed by atoms with Crippen molar-refractivity contribution in [3.63, 3.8) is 0 Å². The molecule has 1 aliphatic heterocycles. The summed E-state index contributed by atoms with van der Waals surface area (Å²) in [5, 5.41) is 20.4. The van der Waals surface area contributed by atoms with Gasteiger partial charge in [0.2, 0.25) is 5.91 Å². The fraction of sp³-hybridized carbons (Fsp3) is 0.769. The third-order valence-electron chi connectivity index (χ3n) is 3.61. The van der Waals surface area contributed by atoms with Gasteiger partial charge in [0.15, 0.2) is 0 Å². The number of nitrogens with zero attached hydrogens (tertiary/aromatic N) is 1. The van der Waals surface area contributed by atoms with Crippen LogP contribution in [0, 0.1) is 0 Å². The number of rotatable bonds is 8. The smallest absolute Gasteiger partial charge is 0.326 e. The zero-order chi connectivity index (χ0) is 15.8. The Morgan fingerprint density at radius 1 is 1.38 bits per heavy atom. The minimum atomic E-state index is -1.18. The Balaban J connectivity index is 2.55. The van der Waals surface area contributed by atoms with E-state index in [2.05, 4.69) is 5.32 Å². The predicted octanol–water partition coefficient (Wildman–Crippen LogP) is -0.348. The predicted molar refractivity (Wildman–Crippen MR) is 74.4 cm³/mol. The molecule has 0 aromatic rings. The van der Waals surface area contributed by atoms with E-state index in [-0.39, 0.29) is 25.5 Å². The van der Waals surface area contributed by atoms with Gasteiger partial charge < -0.3 is 26.2 Å². The Bertz CT molecular complexity index is 388. The first-order chi connectivity index (χ1) is 9.95. The molecule has 1 fully saturated rings. The second kappa shape index (κ2) is 8.46. The number of likely N-dealkylation sites (tertiary alicyclic amines) is 1. The number of hydrogen-bond acceptors (Lipinski definition) is 4. The minimum Gasteiger partial charge on any atom is -0.480 e. The molecule has 21 heavy (non-hydrogen) atoms. The van der Waals surface area contributed by atoms with Gasteiger partial charge in [-0.1, -0.05) is 0 Å². The van der Waals surface area contributed by atoms with Gasteiger partial charge in [-0.15, -0.1) is 0 Å². The van der Waals surface area contributed by atoms with Crippen LogP contribution in [0.1, 0.15) is 38.5 Å². The van der Waals surface area contributed by atoms with Gasteiger partial charge in [-0.25, -0.2) is 9.59 Å². The maximum Gasteiger partial charge on any atom is 0.326 e. The molecule has 0 aromatic heterocycles. The molecule has 8 heteroatoms. The number of primary amides is 1. The summed E-state index contributed by atoms with van der Waals surface area (Å²) in [5.41, 5.74) is 4.99. The summed E-state index contributed by atoms with van der Waals surface area (Å²) in [6.45, 7) is 0.645. The molecule has 1 aliphatic rings. The van der Waals surface area contributed by atoms with E-state index < -0.39 is 23.9 Å². The highest BCUT2D eigenvalue weighted by atomic mass is 16.4. The van der Waals surface area contributed by atoms with Crippen LogP contribution in [0.3, 0.4) is 0 Å². The summed E-state index contributed by atoms with van der Waals surface area (Å²) in [6, 6.07) is -1.53. The number of carboxylic acid groups (broad SMARTS) is 1. The maximum atomic E-state index is 12.2. The van der Waals surface area contributed by atoms with Crippen LogP contribution in [0.5, 0.6) is 0 Å². The summed E-state index contributed by atoms with van der Waals surface area (Å²) in [5.74, 6) is -1.78. The van der Waals surface area contributed by atoms with Crippen molar-refractivity contribution in [1.82, 2.24) is 10.2 Å². The van der Waals surface area contributed by atoms with Crippen LogP contribution in [-0.2, 0) is 9.59 Å². The molecule has 0 saturated carbocycles. The normalized spacial score (nSPS) is 19.3. The second-order valence-electron chi connectivity index (χ2n) is 5.20. The highest BCUT2D eigenvalue weighted by Gasteiger charge is 2.30. The van der Waals surface area contributed by atoms with E-state index in [0.29, 0.717) is 19.4 Å². The Labute approximate surface area is 123 Å². The number of aliphatic hydroxyl groups is 1. The van der Waals surface area contributed by atoms with E-state index in [1.165, 1.54) is 0 Å². The van der Waals surface area contributed by atoms with Gasteiger partial charge in [0, 0.05) is 25.6 Å². The van der Waals surface area contributed by atoms with Gasteiger partial charge in [-0.05, 0) is 32.1 Å². The van der Waals surface area contributed by atoms with Crippen LogP contribution in [0.2, 0.25) is 0 Å². The van der Waals surface area contributed by atoms with E-state index in [4.69, 9.17) is 15.9 Å². The summed E-state index contributed by atoms with van der Waals surface area (Å²) >= 11 is 0. The molecule has 5 N–H and O–H groups in total. The molecule has 0 aromatic carbocycles. The van der Waals surface area contributed by atoms with Crippen LogP contribution in [-0.4, -0.2) is 58.3 Å². The SMILES string of the molecule is NC(=O)CC[C@@H](NC(=O)N1CCCC1CCCO)C(=O)O. The molecular formula is C13H23N3O5. The first-order valence-corrected chi connectivity index (χ1v) is 7.14. The van der Waals surface area contributed by atoms with Crippen LogP contribution in [0.25, 0.3) is 0 Å². The number of nitrogens with one attached hydrogen (secondary N) is 1. The van der Waals surface area contributed by atoms with E-state index in [1.807, 2.05) is 0 Å². The van der Waals surface area contributed by atoms with E-state index in [9.17, 15) is 14.4 Å². The number of carbonyl (C=O) groups excluding carboxylic acids is 2. The minimum absolute atomic E-state index is 0.0223. The van der Waals surface area contributed by atoms with Crippen molar-refractivity contribution in [2.75, 3.05) is 13.2 Å². The zero-order valence-electron chi connectivity index (χ0n) is 12.0. The van der Waals surface area contributed by atoms with Gasteiger partial charge in [-0.2, -0.15) is 0 Å². The van der Waals surface area contributed by atoms with Crippen molar-refractivity contribution in [3.8, 4) is 0 Å². The molecule has 2 atom stereocenters. The number of nitrogens with two attached hydrogens (primary N) is 1. The monoisotopic (exact) mass is 301 g/mol. The summed E-state index contributed by atoms with van der Waals surface area (Å²) in [6.07, 6.45) is 2.91. The van der Waals surface area contributed by atoms with Gasteiger partial charge in [0.25, 0.3) is 0 Å². The summed E-state index contributed by atoms with van der Waals surface area (Å²) < 4.78 is 0. The van der Waals surface area contributed by atoms with Crippen molar-refractivity contribution in [3.05, 3.63) is 0 Å². The Hall–Kier alpha value is -1.83. The lowest BCUT2D eigenvalue weighted by atomic mass is 10.1. The zero-order valence-corrected chi connectivity index (χ0v) is 12.0. The van der Waals surface area contributed by atoms with Gasteiger partial charge >= 0.3 is 12.0 Å². The van der Waals surface area contributed by atoms with Crippen molar-refractivity contribution < 1.29 is 24.6 Å². The van der Waals surface area contributed by atoms with Gasteiger partial charge in [-0.3, -0.25) is 4.79 Å². The van der Waals surface area contributed by atoms with Crippen LogP contribution < -0.4 is 11.1 Å². The van der Waals surface area contributed by atoms with Crippen molar-refractivity contribution in [2.24, 2.45) is 5.73 Å². The van der Waals surface area contributed by atoms with E-state index in [1.54, 1.807) is 4.90 Å². The molecular weight excluding hydrogens is 278 g/mol. The van der Waals surface area contributed by atoms with Crippen LogP contribution in [0.15, 0.2) is 0 Å². The molecule has 1 unspecified atom stereocenters. The molecule has 1 heterocycles. The Morgan fingerprint density at radius 2 is 2.10 bits per heavy atom. The molecule has 0 spiro atoms. The number of amides is 3. The lowest BCUT2D eigenvalue weighted by Crippen LogP contribution is -2.49. The highest BCUT2D eigenvalue weighted by Crippen LogP contribution is 2.21. The molecule has 0 radical (unpaired) electrons. The van der Waals surface area contributed by atoms with Crippen LogP contribution in [0.4, 0.5) is 4.79 Å². The standard InChI is InChI=1S/C13H23N3O5/c14-11(18)6-5-10(12(19)20)15-13(21)16-7-1-3-9(16)4-2-8-17/h9-10,17H,1-8H2,(H2,14,18)(H,15,21)(H,19,20)/t9?,10-/m1/s1. The molecule has 1 rings (SSSR count). The average Bonchev–Trinajstić information content (AvgIpc) is 2.88. The van der Waals surface area contributed by atoms with Gasteiger partial charge in [0.05, 0.1) is 0 Å². The largest absolute Gasteiger partial charge is 0.480 e. The molecule has 8 nitrogen and oxygen atoms in total. The molecule has 3 amide bonds. The number of urea groups is 1. The highest BCUT2D eigenvalue weighted by molar-refractivity contribution is 5.83. The fourth-order valence-electron chi connectivity index (χ4n) is 2.51. The third kappa shape index (κ3) is 5.58. The molecule has 0 bridgehead atoms. The lowest BCUT2D eigenvalue weighted by molar-refractivity contribution is -0.139. The van der Waals surface area contributed by atoms with E-state index in [0.717, 1.165) is 12.8 Å². The Kier molecular flexibility index (Phi) is 6.93. The third-order valence-corrected chi connectivity index (χ3v) is 3.61. The Morgan fingerprint density at radius 3 is 2.67 bits per heavy atom. The fourth-order valence-corrected chi connectivity index (χ4v) is 2.51. The van der Waals surface area contributed by atoms with Crippen molar-refractivity contribution in [2.45, 2.75) is 50.6 Å². The number of hydrogen-bond donors (Lipinski definition) is 4. The topological polar surface area (TPSA) is 133 Å². The first-order valence-electron chi connectivity index (χ1n) is 7.14. The van der Waals surface area contributed by atoms with Crippen molar-refractivity contribution >= 4 is 17.9 Å². The summed E-state index contributed by atoms with van der Waals surface area (Å²) in [7, 11) is 0. The average molecular weight is 301 g/mol. The lowest BCUT2D eigenvalue weighted by Gasteiger charge is -2.26. The molecule has 0 aliphatic carbocycles. The van der Waals surface area contributed by atoms with Gasteiger partial charge in [0.1, 0.15) is 6.04 Å². The number of carboxylic acids is 1. The number of carbonyl (C=O) groups is 3. The number of aliphatic carboxylic acids is 1. The maximum absolute atomic E-state index is 12.2. The van der Waals surface area contributed by atoms with E-state index >= 15 is 0 Å². The second-order valence-corrected chi connectivity index (χ2v) is 5.20. The van der Waals surface area contributed by atoms with Crippen molar-refractivity contribution in [1.29, 1.82) is 0 Å². The quantitative estimate of drug-likeness (QED) is 0.486. The number of aliphatic hydroxyl groups excluding tert-OH is 1. The summed E-state index contributed by atoms with van der Waals surface area (Å²) in [4.78, 5) is 35.6. The molecule has 120 valence electrons. The van der Waals surface area contributed by atoms with Crippen LogP contribution >= 0.6 is 0 Å². The molecule has 1 saturated heterocycles. The first kappa shape index (κ1) is 17.2.